The first-order valence-electron chi connectivity index (χ1n) is 7.33. The highest BCUT2D eigenvalue weighted by molar-refractivity contribution is 9.10. The summed E-state index contributed by atoms with van der Waals surface area (Å²) in [5, 5.41) is 0.194. The Labute approximate surface area is 158 Å². The molecule has 1 unspecified atom stereocenters. The van der Waals surface area contributed by atoms with Gasteiger partial charge in [-0.1, -0.05) is 47.8 Å². The summed E-state index contributed by atoms with van der Waals surface area (Å²) in [6.45, 7) is 1.48. The first-order valence-corrected chi connectivity index (χ1v) is 9.19. The molecular formula is C16H20BrCl2F3O2. The van der Waals surface area contributed by atoms with Gasteiger partial charge in [-0.05, 0) is 24.1 Å². The lowest BCUT2D eigenvalue weighted by atomic mass is 10.1. The molecule has 0 spiro atoms. The number of benzene rings is 1. The Balaban J connectivity index is 0.00000163. The van der Waals surface area contributed by atoms with E-state index in [9.17, 15) is 18.0 Å². The summed E-state index contributed by atoms with van der Waals surface area (Å²) in [5.41, 5.74) is -0.00735. The van der Waals surface area contributed by atoms with Crippen LogP contribution in [0.1, 0.15) is 44.3 Å². The van der Waals surface area contributed by atoms with E-state index >= 15 is 0 Å². The van der Waals surface area contributed by atoms with Crippen molar-refractivity contribution in [2.45, 2.75) is 44.9 Å². The molecule has 0 amide bonds. The van der Waals surface area contributed by atoms with Crippen LogP contribution in [-0.4, -0.2) is 23.9 Å². The molecule has 0 aliphatic rings. The minimum atomic E-state index is -4.54. The molecule has 0 N–H and O–H groups in total. The molecule has 1 aromatic rings. The van der Waals surface area contributed by atoms with Crippen LogP contribution in [0.25, 0.3) is 0 Å². The Morgan fingerprint density at radius 1 is 1.21 bits per heavy atom. The van der Waals surface area contributed by atoms with E-state index in [-0.39, 0.29) is 23.1 Å². The van der Waals surface area contributed by atoms with Crippen molar-refractivity contribution in [3.05, 3.63) is 34.3 Å². The standard InChI is InChI=1S/C15H18BrF3O2.CH2Cl2/c1-2-3-4-5-13(20)10-21-14(15(17,18)19)11-6-8-12(16)9-7-11;2-1-3/h6-9,14H,2-5,10H2,1H3;1H2. The van der Waals surface area contributed by atoms with Crippen LogP contribution in [0.3, 0.4) is 0 Å². The predicted molar refractivity (Wildman–Crippen MR) is 94.6 cm³/mol. The number of hydrogen-bond donors (Lipinski definition) is 0. The molecule has 0 fully saturated rings. The van der Waals surface area contributed by atoms with Crippen molar-refractivity contribution < 1.29 is 22.7 Å². The zero-order valence-electron chi connectivity index (χ0n) is 13.2. The van der Waals surface area contributed by atoms with E-state index in [1.807, 2.05) is 6.92 Å². The van der Waals surface area contributed by atoms with Gasteiger partial charge in [-0.15, -0.1) is 23.2 Å². The Bertz CT molecular complexity index is 467. The molecule has 8 heteroatoms. The second kappa shape index (κ2) is 13.0. The lowest BCUT2D eigenvalue weighted by Gasteiger charge is -2.21. The van der Waals surface area contributed by atoms with Crippen LogP contribution in [-0.2, 0) is 9.53 Å². The first-order chi connectivity index (χ1) is 11.3. The molecule has 1 aromatic carbocycles. The van der Waals surface area contributed by atoms with Crippen molar-refractivity contribution in [3.8, 4) is 0 Å². The number of unbranched alkanes of at least 4 members (excludes halogenated alkanes) is 2. The van der Waals surface area contributed by atoms with E-state index in [2.05, 4.69) is 15.9 Å². The Hall–Kier alpha value is -0.300. The maximum atomic E-state index is 13.0. The zero-order chi connectivity index (χ0) is 18.6. The van der Waals surface area contributed by atoms with E-state index in [1.165, 1.54) is 24.3 Å². The molecule has 0 saturated carbocycles. The third kappa shape index (κ3) is 10.5. The van der Waals surface area contributed by atoms with Crippen molar-refractivity contribution in [3.63, 3.8) is 0 Å². The van der Waals surface area contributed by atoms with Gasteiger partial charge in [0, 0.05) is 10.9 Å². The summed E-state index contributed by atoms with van der Waals surface area (Å²) >= 11 is 12.7. The van der Waals surface area contributed by atoms with Crippen LogP contribution >= 0.6 is 39.1 Å². The number of hydrogen-bond acceptors (Lipinski definition) is 2. The number of ether oxygens (including phenoxy) is 1. The van der Waals surface area contributed by atoms with E-state index in [0.717, 1.165) is 12.8 Å². The molecule has 0 radical (unpaired) electrons. The molecule has 0 heterocycles. The van der Waals surface area contributed by atoms with Crippen LogP contribution in [0.5, 0.6) is 0 Å². The third-order valence-corrected chi connectivity index (χ3v) is 3.47. The van der Waals surface area contributed by atoms with Crippen LogP contribution < -0.4 is 0 Å². The van der Waals surface area contributed by atoms with Crippen molar-refractivity contribution in [1.82, 2.24) is 0 Å². The average Bonchev–Trinajstić information content (AvgIpc) is 2.49. The van der Waals surface area contributed by atoms with E-state index in [0.29, 0.717) is 10.9 Å². The highest BCUT2D eigenvalue weighted by Gasteiger charge is 2.42. The maximum absolute atomic E-state index is 13.0. The molecule has 0 aliphatic heterocycles. The topological polar surface area (TPSA) is 26.3 Å². The fourth-order valence-corrected chi connectivity index (χ4v) is 2.10. The average molecular weight is 452 g/mol. The normalized spacial score (nSPS) is 12.3. The lowest BCUT2D eigenvalue weighted by Crippen LogP contribution is -2.26. The highest BCUT2D eigenvalue weighted by atomic mass is 79.9. The SMILES string of the molecule is CCCCCC(=O)COC(c1ccc(Br)cc1)C(F)(F)F.ClCCl. The van der Waals surface area contributed by atoms with Crippen molar-refractivity contribution >= 4 is 44.9 Å². The second-order valence-corrected chi connectivity index (χ2v) is 6.60. The molecule has 1 rings (SSSR count). The number of Topliss-reactive ketones (excluding diaryl/α,β-unsaturated/α-hetero) is 1. The van der Waals surface area contributed by atoms with E-state index < -0.39 is 18.9 Å². The van der Waals surface area contributed by atoms with Crippen molar-refractivity contribution in [1.29, 1.82) is 0 Å². The zero-order valence-corrected chi connectivity index (χ0v) is 16.3. The molecule has 1 atom stereocenters. The Morgan fingerprint density at radius 3 is 2.21 bits per heavy atom. The van der Waals surface area contributed by atoms with Gasteiger partial charge >= 0.3 is 6.18 Å². The molecule has 0 saturated heterocycles. The van der Waals surface area contributed by atoms with Crippen LogP contribution in [0, 0.1) is 0 Å². The summed E-state index contributed by atoms with van der Waals surface area (Å²) < 4.78 is 44.6. The van der Waals surface area contributed by atoms with Gasteiger partial charge in [0.25, 0.3) is 0 Å². The van der Waals surface area contributed by atoms with Gasteiger partial charge < -0.3 is 4.74 Å². The molecule has 138 valence electrons. The summed E-state index contributed by atoms with van der Waals surface area (Å²) in [6.07, 6.45) is -3.82. The fourth-order valence-electron chi connectivity index (χ4n) is 1.84. The molecule has 0 bridgehead atoms. The highest BCUT2D eigenvalue weighted by Crippen LogP contribution is 2.36. The quantitative estimate of drug-likeness (QED) is 0.327. The summed E-state index contributed by atoms with van der Waals surface area (Å²) in [6, 6.07) is 5.70. The minimum Gasteiger partial charge on any atom is -0.356 e. The summed E-state index contributed by atoms with van der Waals surface area (Å²) in [5.74, 6) is -0.296. The number of carbonyl (C=O) groups excluding carboxylic acids is 1. The molecule has 0 aromatic heterocycles. The van der Waals surface area contributed by atoms with E-state index in [1.54, 1.807) is 0 Å². The van der Waals surface area contributed by atoms with Gasteiger partial charge in [-0.3, -0.25) is 4.79 Å². The lowest BCUT2D eigenvalue weighted by molar-refractivity contribution is -0.222. The first kappa shape index (κ1) is 23.7. The van der Waals surface area contributed by atoms with Gasteiger partial charge in [0.2, 0.25) is 0 Å². The number of alkyl halides is 5. The predicted octanol–water partition coefficient (Wildman–Crippen LogP) is 6.64. The summed E-state index contributed by atoms with van der Waals surface area (Å²) in [4.78, 5) is 11.5. The molecule has 0 aliphatic carbocycles. The number of halogens is 6. The number of carbonyl (C=O) groups is 1. The number of rotatable bonds is 8. The fraction of sp³-hybridized carbons (Fsp3) is 0.562. The third-order valence-electron chi connectivity index (χ3n) is 2.94. The van der Waals surface area contributed by atoms with Crippen LogP contribution in [0.4, 0.5) is 13.2 Å². The second-order valence-electron chi connectivity index (χ2n) is 4.88. The Kier molecular flexibility index (Phi) is 12.8. The van der Waals surface area contributed by atoms with E-state index in [4.69, 9.17) is 27.9 Å². The van der Waals surface area contributed by atoms with Gasteiger partial charge in [-0.2, -0.15) is 13.2 Å². The number of ketones is 1. The van der Waals surface area contributed by atoms with Crippen molar-refractivity contribution in [2.24, 2.45) is 0 Å². The van der Waals surface area contributed by atoms with Crippen molar-refractivity contribution in [2.75, 3.05) is 11.9 Å². The summed E-state index contributed by atoms with van der Waals surface area (Å²) in [7, 11) is 0. The largest absolute Gasteiger partial charge is 0.418 e. The smallest absolute Gasteiger partial charge is 0.356 e. The molecule has 24 heavy (non-hydrogen) atoms. The molecule has 2 nitrogen and oxygen atoms in total. The monoisotopic (exact) mass is 450 g/mol. The van der Waals surface area contributed by atoms with Gasteiger partial charge in [0.15, 0.2) is 11.9 Å². The Morgan fingerprint density at radius 2 is 1.75 bits per heavy atom. The minimum absolute atomic E-state index is 0.00735. The molecular weight excluding hydrogens is 432 g/mol. The van der Waals surface area contributed by atoms with Gasteiger partial charge in [-0.25, -0.2) is 0 Å². The van der Waals surface area contributed by atoms with Crippen LogP contribution in [0.2, 0.25) is 0 Å². The van der Waals surface area contributed by atoms with Gasteiger partial charge in [0.05, 0.1) is 5.34 Å². The van der Waals surface area contributed by atoms with Gasteiger partial charge in [0.1, 0.15) is 6.61 Å². The maximum Gasteiger partial charge on any atom is 0.418 e. The van der Waals surface area contributed by atoms with Crippen LogP contribution in [0.15, 0.2) is 28.7 Å².